The maximum Gasteiger partial charge on any atom is 0.247 e. The molecule has 0 bridgehead atoms. The number of anilines is 2. The first-order chi connectivity index (χ1) is 14.0. The number of aliphatic hydroxyl groups is 3. The Morgan fingerprint density at radius 1 is 1.28 bits per heavy atom. The van der Waals surface area contributed by atoms with Crippen LogP contribution in [0.5, 0.6) is 0 Å². The molecular weight excluding hydrogens is 385 g/mol. The second kappa shape index (κ2) is 7.67. The molecule has 12 heteroatoms. The van der Waals surface area contributed by atoms with E-state index in [4.69, 9.17) is 10.5 Å². The topological polar surface area (TPSA) is 164 Å². The van der Waals surface area contributed by atoms with Gasteiger partial charge in [-0.25, -0.2) is 14.8 Å². The lowest BCUT2D eigenvalue weighted by molar-refractivity contribution is -0.0511. The molecule has 2 aromatic heterocycles. The molecule has 0 aliphatic carbocycles. The van der Waals surface area contributed by atoms with E-state index in [-0.39, 0.29) is 28.5 Å². The Bertz CT molecular complexity index is 1060. The molecule has 1 aliphatic heterocycles. The average molecular weight is 403 g/mol. The van der Waals surface area contributed by atoms with Gasteiger partial charge in [0, 0.05) is 5.56 Å². The van der Waals surface area contributed by atoms with Gasteiger partial charge in [0.15, 0.2) is 17.7 Å². The molecule has 0 unspecified atom stereocenters. The molecule has 3 aromatic rings. The molecule has 1 aromatic carbocycles. The standard InChI is InChI=1S/C17H18FN7O4/c18-9-4-2-1-3-8(9)5-21-24-17-22-14(19)11-15(23-17)25(7-20-11)16-13(28)12(27)10(6-26)29-16/h1-5,7,10,12-13,16,26-28H,6H2,(H3,19,22,23,24)/b21-5+/t10-,12-,13-,16-/m1/s1. The number of ether oxygens (including phenoxy) is 1. The molecule has 6 N–H and O–H groups in total. The molecule has 0 spiro atoms. The number of nitrogens with zero attached hydrogens (tertiary/aromatic N) is 5. The van der Waals surface area contributed by atoms with Gasteiger partial charge < -0.3 is 25.8 Å². The Morgan fingerprint density at radius 2 is 2.07 bits per heavy atom. The number of hydrogen-bond donors (Lipinski definition) is 5. The highest BCUT2D eigenvalue weighted by Crippen LogP contribution is 2.32. The minimum Gasteiger partial charge on any atom is -0.394 e. The maximum absolute atomic E-state index is 13.6. The van der Waals surface area contributed by atoms with Crippen LogP contribution in [-0.2, 0) is 4.74 Å². The number of imidazole rings is 1. The number of nitrogens with two attached hydrogens (primary N) is 1. The third-order valence-corrected chi connectivity index (χ3v) is 4.51. The molecule has 152 valence electrons. The smallest absolute Gasteiger partial charge is 0.247 e. The fourth-order valence-corrected chi connectivity index (χ4v) is 3.02. The number of halogens is 1. The summed E-state index contributed by atoms with van der Waals surface area (Å²) in [5.41, 5.74) is 9.23. The lowest BCUT2D eigenvalue weighted by Crippen LogP contribution is -2.33. The predicted octanol–water partition coefficient (Wildman–Crippen LogP) is -0.395. The van der Waals surface area contributed by atoms with Gasteiger partial charge in [-0.05, 0) is 6.07 Å². The minimum atomic E-state index is -1.31. The monoisotopic (exact) mass is 403 g/mol. The van der Waals surface area contributed by atoms with Crippen molar-refractivity contribution < 1.29 is 24.4 Å². The lowest BCUT2D eigenvalue weighted by atomic mass is 10.1. The van der Waals surface area contributed by atoms with E-state index in [1.165, 1.54) is 23.2 Å². The number of aliphatic hydroxyl groups excluding tert-OH is 3. The minimum absolute atomic E-state index is 0.0103. The van der Waals surface area contributed by atoms with E-state index in [0.717, 1.165) is 0 Å². The first-order valence-corrected chi connectivity index (χ1v) is 8.65. The summed E-state index contributed by atoms with van der Waals surface area (Å²) in [5.74, 6) is -0.378. The lowest BCUT2D eigenvalue weighted by Gasteiger charge is -2.16. The normalized spacial score (nSPS) is 24.6. The molecule has 4 atom stereocenters. The fraction of sp³-hybridized carbons (Fsp3) is 0.294. The van der Waals surface area contributed by atoms with Gasteiger partial charge in [0.2, 0.25) is 5.95 Å². The van der Waals surface area contributed by atoms with E-state index in [1.54, 1.807) is 18.2 Å². The average Bonchev–Trinajstić information content (AvgIpc) is 3.25. The third kappa shape index (κ3) is 3.49. The van der Waals surface area contributed by atoms with Crippen molar-refractivity contribution in [1.29, 1.82) is 0 Å². The summed E-state index contributed by atoms with van der Waals surface area (Å²) in [5, 5.41) is 33.4. The van der Waals surface area contributed by atoms with E-state index >= 15 is 0 Å². The zero-order valence-corrected chi connectivity index (χ0v) is 14.9. The molecule has 1 aliphatic rings. The molecule has 0 saturated carbocycles. The van der Waals surface area contributed by atoms with Crippen molar-refractivity contribution in [3.8, 4) is 0 Å². The van der Waals surface area contributed by atoms with E-state index in [2.05, 4.69) is 25.5 Å². The molecule has 1 saturated heterocycles. The summed E-state index contributed by atoms with van der Waals surface area (Å²) in [7, 11) is 0. The Labute approximate surface area is 163 Å². The van der Waals surface area contributed by atoms with Crippen LogP contribution in [0.4, 0.5) is 16.2 Å². The summed E-state index contributed by atoms with van der Waals surface area (Å²) in [6, 6.07) is 6.10. The Hall–Kier alpha value is -3.19. The highest BCUT2D eigenvalue weighted by molar-refractivity contribution is 5.83. The van der Waals surface area contributed by atoms with Gasteiger partial charge in [-0.15, -0.1) is 0 Å². The Kier molecular flexibility index (Phi) is 5.07. The predicted molar refractivity (Wildman–Crippen MR) is 100 cm³/mol. The number of rotatable bonds is 5. The van der Waals surface area contributed by atoms with E-state index in [9.17, 15) is 19.7 Å². The van der Waals surface area contributed by atoms with Crippen molar-refractivity contribution in [3.63, 3.8) is 0 Å². The molecular formula is C17H18FN7O4. The molecule has 29 heavy (non-hydrogen) atoms. The van der Waals surface area contributed by atoms with Gasteiger partial charge in [0.05, 0.1) is 19.1 Å². The summed E-state index contributed by atoms with van der Waals surface area (Å²) in [4.78, 5) is 12.4. The number of fused-ring (bicyclic) bond motifs is 1. The highest BCUT2D eigenvalue weighted by atomic mass is 19.1. The quantitative estimate of drug-likeness (QED) is 0.282. The first kappa shape index (κ1) is 19.1. The van der Waals surface area contributed by atoms with Crippen molar-refractivity contribution in [1.82, 2.24) is 19.5 Å². The molecule has 4 rings (SSSR count). The third-order valence-electron chi connectivity index (χ3n) is 4.51. The molecule has 3 heterocycles. The molecule has 0 radical (unpaired) electrons. The van der Waals surface area contributed by atoms with Gasteiger partial charge in [0.25, 0.3) is 0 Å². The van der Waals surface area contributed by atoms with Crippen LogP contribution in [0.2, 0.25) is 0 Å². The zero-order chi connectivity index (χ0) is 20.5. The van der Waals surface area contributed by atoms with Crippen LogP contribution in [0.15, 0.2) is 35.7 Å². The maximum atomic E-state index is 13.6. The number of hydrazone groups is 1. The number of nitrogen functional groups attached to an aromatic ring is 1. The number of nitrogens with one attached hydrogen (secondary N) is 1. The van der Waals surface area contributed by atoms with Gasteiger partial charge >= 0.3 is 0 Å². The summed E-state index contributed by atoms with van der Waals surface area (Å²) in [6.07, 6.45) is -1.96. The van der Waals surface area contributed by atoms with Crippen molar-refractivity contribution >= 4 is 29.1 Å². The summed E-state index contributed by atoms with van der Waals surface area (Å²) < 4.78 is 20.5. The van der Waals surface area contributed by atoms with Crippen LogP contribution in [0.3, 0.4) is 0 Å². The first-order valence-electron chi connectivity index (χ1n) is 8.65. The van der Waals surface area contributed by atoms with Crippen LogP contribution in [0, 0.1) is 5.82 Å². The van der Waals surface area contributed by atoms with E-state index in [0.29, 0.717) is 0 Å². The molecule has 11 nitrogen and oxygen atoms in total. The fourth-order valence-electron chi connectivity index (χ4n) is 3.02. The number of aromatic nitrogens is 4. The van der Waals surface area contributed by atoms with E-state index < -0.39 is 37.0 Å². The van der Waals surface area contributed by atoms with Crippen LogP contribution in [0.1, 0.15) is 11.8 Å². The van der Waals surface area contributed by atoms with Crippen LogP contribution in [0.25, 0.3) is 11.2 Å². The van der Waals surface area contributed by atoms with Crippen LogP contribution in [-0.4, -0.2) is 66.0 Å². The van der Waals surface area contributed by atoms with Crippen molar-refractivity contribution in [3.05, 3.63) is 42.0 Å². The van der Waals surface area contributed by atoms with Crippen molar-refractivity contribution in [2.24, 2.45) is 5.10 Å². The Balaban J connectivity index is 1.63. The zero-order valence-electron chi connectivity index (χ0n) is 14.9. The van der Waals surface area contributed by atoms with Crippen molar-refractivity contribution in [2.75, 3.05) is 17.8 Å². The highest BCUT2D eigenvalue weighted by Gasteiger charge is 2.44. The molecule has 1 fully saturated rings. The Morgan fingerprint density at radius 3 is 2.79 bits per heavy atom. The van der Waals surface area contributed by atoms with Gasteiger partial charge in [-0.2, -0.15) is 15.1 Å². The number of benzene rings is 1. The number of hydrogen-bond acceptors (Lipinski definition) is 10. The molecule has 0 amide bonds. The summed E-state index contributed by atoms with van der Waals surface area (Å²) >= 11 is 0. The van der Waals surface area contributed by atoms with E-state index in [1.807, 2.05) is 0 Å². The SMILES string of the molecule is Nc1nc(N/N=C/c2ccccc2F)nc2c1ncn2[C@@H]1O[C@H](CO)[C@@H](O)[C@H]1O. The van der Waals surface area contributed by atoms with Crippen LogP contribution >= 0.6 is 0 Å². The summed E-state index contributed by atoms with van der Waals surface area (Å²) in [6.45, 7) is -0.462. The van der Waals surface area contributed by atoms with Gasteiger partial charge in [-0.3, -0.25) is 4.57 Å². The second-order valence-corrected chi connectivity index (χ2v) is 6.38. The second-order valence-electron chi connectivity index (χ2n) is 6.38. The van der Waals surface area contributed by atoms with Gasteiger partial charge in [-0.1, -0.05) is 18.2 Å². The van der Waals surface area contributed by atoms with Crippen LogP contribution < -0.4 is 11.2 Å². The van der Waals surface area contributed by atoms with Crippen molar-refractivity contribution in [2.45, 2.75) is 24.5 Å². The largest absolute Gasteiger partial charge is 0.394 e. The van der Waals surface area contributed by atoms with Gasteiger partial charge in [0.1, 0.15) is 29.6 Å².